The van der Waals surface area contributed by atoms with Gasteiger partial charge >= 0.3 is 0 Å². The summed E-state index contributed by atoms with van der Waals surface area (Å²) in [5.41, 5.74) is 2.62. The Labute approximate surface area is 260 Å². The zero-order chi connectivity index (χ0) is 31.2. The first-order chi connectivity index (χ1) is 20.6. The van der Waals surface area contributed by atoms with Crippen LogP contribution in [-0.2, 0) is 43.7 Å². The highest BCUT2D eigenvalue weighted by molar-refractivity contribution is 7.89. The van der Waals surface area contributed by atoms with Gasteiger partial charge in [0.2, 0.25) is 21.8 Å². The average Bonchev–Trinajstić information content (AvgIpc) is 2.99. The van der Waals surface area contributed by atoms with Crippen LogP contribution in [0.2, 0.25) is 5.02 Å². The normalized spacial score (nSPS) is 12.2. The molecule has 232 valence electrons. The van der Waals surface area contributed by atoms with E-state index in [1.807, 2.05) is 56.3 Å². The molecule has 8 nitrogen and oxygen atoms in total. The largest absolute Gasteiger partial charge is 0.379 e. The summed E-state index contributed by atoms with van der Waals surface area (Å²) in [5, 5.41) is 3.60. The smallest absolute Gasteiger partial charge is 0.243 e. The lowest BCUT2D eigenvalue weighted by Gasteiger charge is -2.32. The summed E-state index contributed by atoms with van der Waals surface area (Å²) in [6.45, 7) is 7.15. The second-order valence-corrected chi connectivity index (χ2v) is 12.8. The van der Waals surface area contributed by atoms with Gasteiger partial charge in [-0.15, -0.1) is 0 Å². The number of hydrogen-bond donors (Lipinski definition) is 2. The number of hydrogen-bond acceptors (Lipinski definition) is 5. The van der Waals surface area contributed by atoms with E-state index in [-0.39, 0.29) is 35.8 Å². The van der Waals surface area contributed by atoms with E-state index in [2.05, 4.69) is 10.0 Å². The van der Waals surface area contributed by atoms with Crippen molar-refractivity contribution in [3.05, 3.63) is 101 Å². The maximum absolute atomic E-state index is 13.9. The molecular weight excluding hydrogens is 586 g/mol. The van der Waals surface area contributed by atoms with Crippen molar-refractivity contribution in [2.24, 2.45) is 0 Å². The summed E-state index contributed by atoms with van der Waals surface area (Å²) < 4.78 is 32.7. The number of sulfonamides is 1. The van der Waals surface area contributed by atoms with Crippen LogP contribution >= 0.6 is 11.6 Å². The van der Waals surface area contributed by atoms with Gasteiger partial charge in [0.25, 0.3) is 0 Å². The third kappa shape index (κ3) is 11.4. The van der Waals surface area contributed by atoms with Gasteiger partial charge in [0.15, 0.2) is 0 Å². The fraction of sp³-hybridized carbons (Fsp3) is 0.394. The second-order valence-electron chi connectivity index (χ2n) is 10.6. The Bertz CT molecular complexity index is 1400. The highest BCUT2D eigenvalue weighted by atomic mass is 35.5. The van der Waals surface area contributed by atoms with Crippen molar-refractivity contribution in [3.8, 4) is 0 Å². The number of halogens is 1. The number of amides is 2. The fourth-order valence-corrected chi connectivity index (χ4v) is 5.73. The van der Waals surface area contributed by atoms with Crippen LogP contribution in [0, 0.1) is 0 Å². The lowest BCUT2D eigenvalue weighted by atomic mass is 10.0. The van der Waals surface area contributed by atoms with Gasteiger partial charge in [0, 0.05) is 44.1 Å². The van der Waals surface area contributed by atoms with Crippen molar-refractivity contribution in [2.75, 3.05) is 19.7 Å². The van der Waals surface area contributed by atoms with Crippen LogP contribution in [0.3, 0.4) is 0 Å². The van der Waals surface area contributed by atoms with E-state index >= 15 is 0 Å². The lowest BCUT2D eigenvalue weighted by molar-refractivity contribution is -0.141. The molecule has 0 aromatic heterocycles. The van der Waals surface area contributed by atoms with E-state index in [4.69, 9.17) is 16.3 Å². The minimum Gasteiger partial charge on any atom is -0.379 e. The van der Waals surface area contributed by atoms with Crippen LogP contribution < -0.4 is 10.0 Å². The van der Waals surface area contributed by atoms with Crippen LogP contribution in [0.4, 0.5) is 0 Å². The predicted octanol–water partition coefficient (Wildman–Crippen LogP) is 5.14. The van der Waals surface area contributed by atoms with Crippen molar-refractivity contribution in [3.63, 3.8) is 0 Å². The highest BCUT2D eigenvalue weighted by Crippen LogP contribution is 2.19. The Kier molecular flexibility index (Phi) is 13.7. The molecular formula is C33H42ClN3O5S. The second kappa shape index (κ2) is 17.2. The molecule has 10 heteroatoms. The number of rotatable bonds is 17. The summed E-state index contributed by atoms with van der Waals surface area (Å²) in [5.74, 6) is -0.410. The van der Waals surface area contributed by atoms with E-state index in [1.165, 1.54) is 12.1 Å². The molecule has 0 bridgehead atoms. The van der Waals surface area contributed by atoms with Gasteiger partial charge in [-0.05, 0) is 67.6 Å². The standard InChI is InChI=1S/C33H42ClN3O5S/c1-4-36-43(40,41)30-18-13-26(14-19-30)15-20-32(38)37(24-28-11-16-29(34)17-12-28)31(23-27-9-6-5-7-10-27)33(39)35-21-8-22-42-25(2)3/h5-7,9-14,16-19,25,31,36H,4,8,15,20-24H2,1-3H3,(H,35,39)/t31-/m1/s1. The lowest BCUT2D eigenvalue weighted by Crippen LogP contribution is -2.50. The third-order valence-corrected chi connectivity index (χ3v) is 8.62. The monoisotopic (exact) mass is 627 g/mol. The number of nitrogens with zero attached hydrogens (tertiary/aromatic N) is 1. The Hall–Kier alpha value is -3.24. The first kappa shape index (κ1) is 34.3. The number of carbonyl (C=O) groups is 2. The zero-order valence-electron chi connectivity index (χ0n) is 25.1. The first-order valence-corrected chi connectivity index (χ1v) is 16.5. The predicted molar refractivity (Wildman–Crippen MR) is 170 cm³/mol. The Morgan fingerprint density at radius 2 is 1.56 bits per heavy atom. The molecule has 0 heterocycles. The van der Waals surface area contributed by atoms with Crippen LogP contribution in [0.5, 0.6) is 0 Å². The minimum absolute atomic E-state index is 0.114. The maximum Gasteiger partial charge on any atom is 0.243 e. The maximum atomic E-state index is 13.9. The number of ether oxygens (including phenoxy) is 1. The van der Waals surface area contributed by atoms with Crippen LogP contribution in [0.1, 0.15) is 50.3 Å². The molecule has 0 fully saturated rings. The molecule has 0 unspecified atom stereocenters. The summed E-state index contributed by atoms with van der Waals surface area (Å²) in [6, 6.07) is 22.7. The molecule has 2 N–H and O–H groups in total. The van der Waals surface area contributed by atoms with Crippen LogP contribution in [0.15, 0.2) is 83.8 Å². The zero-order valence-corrected chi connectivity index (χ0v) is 26.7. The van der Waals surface area contributed by atoms with E-state index < -0.39 is 16.1 Å². The van der Waals surface area contributed by atoms with Crippen molar-refractivity contribution >= 4 is 33.4 Å². The fourth-order valence-electron chi connectivity index (χ4n) is 4.56. The van der Waals surface area contributed by atoms with Crippen molar-refractivity contribution < 1.29 is 22.7 Å². The molecule has 0 radical (unpaired) electrons. The molecule has 0 aliphatic carbocycles. The molecule has 3 aromatic rings. The van der Waals surface area contributed by atoms with E-state index in [9.17, 15) is 18.0 Å². The quantitative estimate of drug-likeness (QED) is 0.202. The van der Waals surface area contributed by atoms with E-state index in [0.29, 0.717) is 44.0 Å². The summed E-state index contributed by atoms with van der Waals surface area (Å²) >= 11 is 6.11. The molecule has 2 amide bonds. The Morgan fingerprint density at radius 1 is 0.907 bits per heavy atom. The van der Waals surface area contributed by atoms with Gasteiger partial charge in [-0.25, -0.2) is 13.1 Å². The van der Waals surface area contributed by atoms with E-state index in [1.54, 1.807) is 36.1 Å². The molecule has 0 saturated carbocycles. The van der Waals surface area contributed by atoms with Crippen molar-refractivity contribution in [1.29, 1.82) is 0 Å². The SMILES string of the molecule is CCNS(=O)(=O)c1ccc(CCC(=O)N(Cc2ccc(Cl)cc2)[C@H](Cc2ccccc2)C(=O)NCCCOC(C)C)cc1. The van der Waals surface area contributed by atoms with Gasteiger partial charge < -0.3 is 15.0 Å². The number of carbonyl (C=O) groups excluding carboxylic acids is 2. The van der Waals surface area contributed by atoms with E-state index in [0.717, 1.165) is 16.7 Å². The Morgan fingerprint density at radius 3 is 2.19 bits per heavy atom. The average molecular weight is 628 g/mol. The molecule has 1 atom stereocenters. The number of benzene rings is 3. The first-order valence-electron chi connectivity index (χ1n) is 14.6. The minimum atomic E-state index is -3.56. The topological polar surface area (TPSA) is 105 Å². The molecule has 0 aliphatic rings. The van der Waals surface area contributed by atoms with Crippen LogP contribution in [-0.4, -0.2) is 57.0 Å². The molecule has 0 spiro atoms. The van der Waals surface area contributed by atoms with Crippen LogP contribution in [0.25, 0.3) is 0 Å². The van der Waals surface area contributed by atoms with Gasteiger partial charge in [-0.3, -0.25) is 9.59 Å². The number of nitrogens with one attached hydrogen (secondary N) is 2. The van der Waals surface area contributed by atoms with Gasteiger partial charge in [0.05, 0.1) is 11.0 Å². The van der Waals surface area contributed by atoms with Crippen molar-refractivity contribution in [2.45, 2.75) is 70.0 Å². The summed E-state index contributed by atoms with van der Waals surface area (Å²) in [7, 11) is -3.56. The third-order valence-electron chi connectivity index (χ3n) is 6.80. The van der Waals surface area contributed by atoms with Crippen molar-refractivity contribution in [1.82, 2.24) is 14.9 Å². The van der Waals surface area contributed by atoms with Gasteiger partial charge in [0.1, 0.15) is 6.04 Å². The summed E-state index contributed by atoms with van der Waals surface area (Å²) in [6.07, 6.45) is 1.66. The molecule has 3 rings (SSSR count). The molecule has 43 heavy (non-hydrogen) atoms. The highest BCUT2D eigenvalue weighted by Gasteiger charge is 2.30. The number of aryl methyl sites for hydroxylation is 1. The summed E-state index contributed by atoms with van der Waals surface area (Å²) in [4.78, 5) is 29.4. The Balaban J connectivity index is 1.82. The van der Waals surface area contributed by atoms with Gasteiger partial charge in [-0.1, -0.05) is 73.1 Å². The molecule has 3 aromatic carbocycles. The molecule has 0 saturated heterocycles. The van der Waals surface area contributed by atoms with Gasteiger partial charge in [-0.2, -0.15) is 0 Å². The molecule has 0 aliphatic heterocycles.